The number of benzene rings is 3. The first-order valence-electron chi connectivity index (χ1n) is 9.25. The van der Waals surface area contributed by atoms with E-state index < -0.39 is 18.5 Å². The molecular weight excluding hydrogens is 366 g/mol. The summed E-state index contributed by atoms with van der Waals surface area (Å²) in [6, 6.07) is 27.8. The molecule has 5 heteroatoms. The van der Waals surface area contributed by atoms with E-state index in [1.807, 2.05) is 78.9 Å². The smallest absolute Gasteiger partial charge is 0.374 e. The molecule has 144 valence electrons. The number of esters is 1. The fraction of sp³-hybridized carbons (Fsp3) is 0.0833. The van der Waals surface area contributed by atoms with Crippen LogP contribution in [0.5, 0.6) is 0 Å². The van der Waals surface area contributed by atoms with Gasteiger partial charge in [-0.05, 0) is 23.3 Å². The van der Waals surface area contributed by atoms with E-state index in [0.717, 1.165) is 16.5 Å². The molecule has 3 aromatic carbocycles. The van der Waals surface area contributed by atoms with Gasteiger partial charge in [-0.25, -0.2) is 4.79 Å². The number of rotatable bonds is 6. The molecule has 0 radical (unpaired) electrons. The summed E-state index contributed by atoms with van der Waals surface area (Å²) in [5.74, 6) is -0.999. The molecule has 5 nitrogen and oxygen atoms in total. The molecule has 4 aromatic rings. The first kappa shape index (κ1) is 18.5. The van der Waals surface area contributed by atoms with Gasteiger partial charge in [0.15, 0.2) is 6.61 Å². The van der Waals surface area contributed by atoms with Crippen LogP contribution in [0, 0.1) is 0 Å². The van der Waals surface area contributed by atoms with Crippen LogP contribution in [-0.4, -0.2) is 18.5 Å². The van der Waals surface area contributed by atoms with Gasteiger partial charge in [0.1, 0.15) is 5.58 Å². The molecule has 0 spiro atoms. The monoisotopic (exact) mass is 385 g/mol. The summed E-state index contributed by atoms with van der Waals surface area (Å²) in [5, 5.41) is 3.74. The van der Waals surface area contributed by atoms with Gasteiger partial charge in [0, 0.05) is 5.39 Å². The maximum absolute atomic E-state index is 12.5. The molecule has 1 N–H and O–H groups in total. The lowest BCUT2D eigenvalue weighted by molar-refractivity contribution is -0.124. The highest BCUT2D eigenvalue weighted by Gasteiger charge is 2.19. The number of hydrogen-bond donors (Lipinski definition) is 1. The molecule has 0 fully saturated rings. The van der Waals surface area contributed by atoms with Gasteiger partial charge in [-0.3, -0.25) is 4.79 Å². The molecule has 0 atom stereocenters. The molecular formula is C24H19NO4. The van der Waals surface area contributed by atoms with Gasteiger partial charge < -0.3 is 14.5 Å². The molecule has 0 unspecified atom stereocenters. The Morgan fingerprint density at radius 2 is 1.41 bits per heavy atom. The van der Waals surface area contributed by atoms with Crippen LogP contribution in [0.2, 0.25) is 0 Å². The summed E-state index contributed by atoms with van der Waals surface area (Å²) in [5.41, 5.74) is 2.48. The van der Waals surface area contributed by atoms with Crippen LogP contribution in [0.4, 0.5) is 0 Å². The van der Waals surface area contributed by atoms with Crippen molar-refractivity contribution in [3.8, 4) is 0 Å². The minimum atomic E-state index is -0.674. The lowest BCUT2D eigenvalue weighted by atomic mass is 9.99. The van der Waals surface area contributed by atoms with Gasteiger partial charge >= 0.3 is 5.97 Å². The van der Waals surface area contributed by atoms with Crippen molar-refractivity contribution in [2.45, 2.75) is 6.04 Å². The fourth-order valence-electron chi connectivity index (χ4n) is 3.14. The second-order valence-corrected chi connectivity index (χ2v) is 6.55. The third-order valence-corrected chi connectivity index (χ3v) is 4.53. The van der Waals surface area contributed by atoms with Gasteiger partial charge in [-0.1, -0.05) is 78.9 Å². The minimum Gasteiger partial charge on any atom is -0.450 e. The zero-order chi connectivity index (χ0) is 20.1. The van der Waals surface area contributed by atoms with Crippen LogP contribution in [0.1, 0.15) is 27.7 Å². The van der Waals surface area contributed by atoms with Crippen LogP contribution in [-0.2, 0) is 9.53 Å². The highest BCUT2D eigenvalue weighted by molar-refractivity contribution is 5.93. The number of carbonyl (C=O) groups excluding carboxylic acids is 2. The Bertz CT molecular complexity index is 1050. The molecule has 29 heavy (non-hydrogen) atoms. The number of hydrogen-bond acceptors (Lipinski definition) is 4. The lowest BCUT2D eigenvalue weighted by Crippen LogP contribution is -2.33. The van der Waals surface area contributed by atoms with Gasteiger partial charge in [-0.15, -0.1) is 0 Å². The van der Waals surface area contributed by atoms with Crippen LogP contribution >= 0.6 is 0 Å². The van der Waals surface area contributed by atoms with Gasteiger partial charge in [0.05, 0.1) is 6.04 Å². The number of nitrogens with one attached hydrogen (secondary N) is 1. The standard InChI is InChI=1S/C24H19NO4/c26-22(16-28-24(27)21-15-19-13-7-8-14-20(19)29-21)25-23(17-9-3-1-4-10-17)18-11-5-2-6-12-18/h1-15,23H,16H2,(H,25,26). The molecule has 0 bridgehead atoms. The largest absolute Gasteiger partial charge is 0.450 e. The van der Waals surface area contributed by atoms with Crippen molar-refractivity contribution in [3.05, 3.63) is 108 Å². The minimum absolute atomic E-state index is 0.0710. The van der Waals surface area contributed by atoms with Gasteiger partial charge in [0.25, 0.3) is 5.91 Å². The molecule has 1 heterocycles. The number of furan rings is 1. The van der Waals surface area contributed by atoms with Crippen molar-refractivity contribution in [1.29, 1.82) is 0 Å². The summed E-state index contributed by atoms with van der Waals surface area (Å²) < 4.78 is 10.6. The van der Waals surface area contributed by atoms with Crippen molar-refractivity contribution in [1.82, 2.24) is 5.32 Å². The zero-order valence-electron chi connectivity index (χ0n) is 15.6. The van der Waals surface area contributed by atoms with E-state index >= 15 is 0 Å². The van der Waals surface area contributed by atoms with E-state index in [2.05, 4.69) is 5.32 Å². The highest BCUT2D eigenvalue weighted by atomic mass is 16.5. The van der Waals surface area contributed by atoms with E-state index in [1.54, 1.807) is 12.1 Å². The summed E-state index contributed by atoms with van der Waals surface area (Å²) in [6.07, 6.45) is 0. The Morgan fingerprint density at radius 1 is 0.828 bits per heavy atom. The van der Waals surface area contributed by atoms with E-state index in [0.29, 0.717) is 5.58 Å². The highest BCUT2D eigenvalue weighted by Crippen LogP contribution is 2.22. The van der Waals surface area contributed by atoms with Crippen molar-refractivity contribution < 1.29 is 18.7 Å². The van der Waals surface area contributed by atoms with Crippen LogP contribution in [0.3, 0.4) is 0 Å². The molecule has 0 aliphatic carbocycles. The maximum Gasteiger partial charge on any atom is 0.374 e. The molecule has 0 aliphatic heterocycles. The van der Waals surface area contributed by atoms with Crippen LogP contribution < -0.4 is 5.32 Å². The number of fused-ring (bicyclic) bond motifs is 1. The van der Waals surface area contributed by atoms with E-state index in [1.165, 1.54) is 0 Å². The number of amides is 1. The molecule has 0 saturated carbocycles. The Kier molecular flexibility index (Phi) is 5.38. The van der Waals surface area contributed by atoms with Crippen molar-refractivity contribution in [2.75, 3.05) is 6.61 Å². The van der Waals surface area contributed by atoms with E-state index in [4.69, 9.17) is 9.15 Å². The number of carbonyl (C=O) groups is 2. The Labute approximate surface area is 167 Å². The maximum atomic E-state index is 12.5. The predicted molar refractivity (Wildman–Crippen MR) is 109 cm³/mol. The first-order valence-corrected chi connectivity index (χ1v) is 9.25. The Hall–Kier alpha value is -3.86. The second kappa shape index (κ2) is 8.44. The fourth-order valence-corrected chi connectivity index (χ4v) is 3.14. The average molecular weight is 385 g/mol. The van der Waals surface area contributed by atoms with Crippen molar-refractivity contribution >= 4 is 22.8 Å². The summed E-state index contributed by atoms with van der Waals surface area (Å²) in [6.45, 7) is -0.397. The number of para-hydroxylation sites is 1. The average Bonchev–Trinajstić information content (AvgIpc) is 3.21. The van der Waals surface area contributed by atoms with E-state index in [-0.39, 0.29) is 11.8 Å². The summed E-state index contributed by atoms with van der Waals surface area (Å²) >= 11 is 0. The summed E-state index contributed by atoms with van der Waals surface area (Å²) in [7, 11) is 0. The van der Waals surface area contributed by atoms with Crippen molar-refractivity contribution in [3.63, 3.8) is 0 Å². The number of ether oxygens (including phenoxy) is 1. The van der Waals surface area contributed by atoms with Gasteiger partial charge in [0.2, 0.25) is 5.76 Å². The molecule has 4 rings (SSSR count). The molecule has 0 saturated heterocycles. The van der Waals surface area contributed by atoms with Crippen LogP contribution in [0.25, 0.3) is 11.0 Å². The van der Waals surface area contributed by atoms with Gasteiger partial charge in [-0.2, -0.15) is 0 Å². The summed E-state index contributed by atoms with van der Waals surface area (Å²) in [4.78, 5) is 24.7. The quantitative estimate of drug-likeness (QED) is 0.497. The predicted octanol–water partition coefficient (Wildman–Crippen LogP) is 4.50. The first-order chi connectivity index (χ1) is 14.2. The zero-order valence-corrected chi connectivity index (χ0v) is 15.6. The molecule has 1 aromatic heterocycles. The second-order valence-electron chi connectivity index (χ2n) is 6.55. The third-order valence-electron chi connectivity index (χ3n) is 4.53. The van der Waals surface area contributed by atoms with Crippen LogP contribution in [0.15, 0.2) is 95.4 Å². The Balaban J connectivity index is 1.43. The molecule has 1 amide bonds. The normalized spacial score (nSPS) is 10.8. The molecule has 0 aliphatic rings. The lowest BCUT2D eigenvalue weighted by Gasteiger charge is -2.19. The van der Waals surface area contributed by atoms with E-state index in [9.17, 15) is 9.59 Å². The van der Waals surface area contributed by atoms with Crippen molar-refractivity contribution in [2.24, 2.45) is 0 Å². The SMILES string of the molecule is O=C(COC(=O)c1cc2ccccc2o1)NC(c1ccccc1)c1ccccc1. The Morgan fingerprint density at radius 3 is 2.03 bits per heavy atom. The topological polar surface area (TPSA) is 68.5 Å². The third kappa shape index (κ3) is 4.35.